The third-order valence-corrected chi connectivity index (χ3v) is 4.85. The maximum absolute atomic E-state index is 14.2. The summed E-state index contributed by atoms with van der Waals surface area (Å²) in [5.41, 5.74) is 2.56. The van der Waals surface area contributed by atoms with Crippen molar-refractivity contribution in [2.45, 2.75) is 6.42 Å². The number of para-hydroxylation sites is 1. The first-order valence-corrected chi connectivity index (χ1v) is 9.36. The minimum atomic E-state index is -0.464. The van der Waals surface area contributed by atoms with Gasteiger partial charge in [0.15, 0.2) is 0 Å². The molecular weight excluding hydrogens is 367 g/mol. The number of anilines is 1. The monoisotopic (exact) mass is 386 g/mol. The molecular formula is C24H19FN2O2. The molecule has 1 aliphatic heterocycles. The fourth-order valence-corrected chi connectivity index (χ4v) is 3.38. The number of hydrogen-bond acceptors (Lipinski definition) is 2. The molecule has 0 aliphatic carbocycles. The van der Waals surface area contributed by atoms with E-state index in [1.807, 2.05) is 24.3 Å². The normalized spacial score (nSPS) is 13.1. The molecule has 2 amide bonds. The molecule has 0 saturated heterocycles. The van der Waals surface area contributed by atoms with E-state index in [2.05, 4.69) is 5.32 Å². The zero-order chi connectivity index (χ0) is 20.2. The first-order valence-electron chi connectivity index (χ1n) is 9.36. The van der Waals surface area contributed by atoms with E-state index in [0.29, 0.717) is 12.1 Å². The van der Waals surface area contributed by atoms with E-state index < -0.39 is 11.7 Å². The van der Waals surface area contributed by atoms with Gasteiger partial charge in [-0.2, -0.15) is 0 Å². The first kappa shape index (κ1) is 18.6. The fraction of sp³-hybridized carbons (Fsp3) is 0.0833. The van der Waals surface area contributed by atoms with Crippen LogP contribution < -0.4 is 10.2 Å². The lowest BCUT2D eigenvalue weighted by molar-refractivity contribution is -0.115. The molecule has 4 nitrogen and oxygen atoms in total. The summed E-state index contributed by atoms with van der Waals surface area (Å²) in [6.45, 7) is 0.508. The van der Waals surface area contributed by atoms with Crippen LogP contribution in [0.5, 0.6) is 0 Å². The lowest BCUT2D eigenvalue weighted by atomic mass is 10.1. The van der Waals surface area contributed by atoms with Gasteiger partial charge < -0.3 is 10.2 Å². The molecule has 0 spiro atoms. The molecule has 0 atom stereocenters. The largest absolute Gasteiger partial charge is 0.317 e. The van der Waals surface area contributed by atoms with Crippen LogP contribution in [0.15, 0.2) is 84.6 Å². The number of hydrogen-bond donors (Lipinski definition) is 1. The van der Waals surface area contributed by atoms with Crippen molar-refractivity contribution in [3.05, 3.63) is 107 Å². The van der Waals surface area contributed by atoms with E-state index in [4.69, 9.17) is 0 Å². The van der Waals surface area contributed by atoms with Crippen LogP contribution in [0.1, 0.15) is 21.5 Å². The number of halogens is 1. The van der Waals surface area contributed by atoms with Crippen LogP contribution >= 0.6 is 0 Å². The van der Waals surface area contributed by atoms with Crippen LogP contribution in [0.25, 0.3) is 6.08 Å². The summed E-state index contributed by atoms with van der Waals surface area (Å²) in [5, 5.41) is 2.68. The third-order valence-electron chi connectivity index (χ3n) is 4.85. The molecule has 0 radical (unpaired) electrons. The van der Waals surface area contributed by atoms with Crippen LogP contribution in [-0.4, -0.2) is 18.4 Å². The molecule has 3 aromatic carbocycles. The minimum Gasteiger partial charge on any atom is -0.317 e. The standard InChI is InChI=1S/C24H19FN2O2/c25-20-12-6-4-11-19(20)16-21(26-23(28)18-9-2-1-3-10-18)24(29)27-15-14-17-8-5-7-13-22(17)27/h1-13,16H,14-15H2,(H,26,28). The van der Waals surface area contributed by atoms with Gasteiger partial charge in [0.2, 0.25) is 0 Å². The number of carbonyl (C=O) groups excluding carboxylic acids is 2. The zero-order valence-electron chi connectivity index (χ0n) is 15.6. The number of rotatable bonds is 4. The lowest BCUT2D eigenvalue weighted by Gasteiger charge is -2.20. The van der Waals surface area contributed by atoms with Crippen molar-refractivity contribution in [1.82, 2.24) is 5.32 Å². The summed E-state index contributed by atoms with van der Waals surface area (Å²) in [4.78, 5) is 27.6. The maximum atomic E-state index is 14.2. The molecule has 4 rings (SSSR count). The molecule has 5 heteroatoms. The third kappa shape index (κ3) is 3.94. The van der Waals surface area contributed by atoms with Gasteiger partial charge in [0.1, 0.15) is 11.5 Å². The molecule has 0 unspecified atom stereocenters. The highest BCUT2D eigenvalue weighted by molar-refractivity contribution is 6.12. The van der Waals surface area contributed by atoms with Crippen LogP contribution in [0.3, 0.4) is 0 Å². The smallest absolute Gasteiger partial charge is 0.274 e. The minimum absolute atomic E-state index is 0.0284. The van der Waals surface area contributed by atoms with E-state index in [0.717, 1.165) is 17.7 Å². The summed E-state index contributed by atoms with van der Waals surface area (Å²) in [6.07, 6.45) is 2.13. The molecule has 0 aromatic heterocycles. The van der Waals surface area contributed by atoms with Crippen LogP contribution in [0.4, 0.5) is 10.1 Å². The average molecular weight is 386 g/mol. The highest BCUT2D eigenvalue weighted by Gasteiger charge is 2.27. The molecule has 1 aliphatic rings. The molecule has 0 bridgehead atoms. The van der Waals surface area contributed by atoms with E-state index >= 15 is 0 Å². The quantitative estimate of drug-likeness (QED) is 0.684. The van der Waals surface area contributed by atoms with Gasteiger partial charge in [-0.3, -0.25) is 9.59 Å². The number of nitrogens with one attached hydrogen (secondary N) is 1. The van der Waals surface area contributed by atoms with Crippen molar-refractivity contribution in [1.29, 1.82) is 0 Å². The number of carbonyl (C=O) groups is 2. The summed E-state index contributed by atoms with van der Waals surface area (Å²) in [7, 11) is 0. The highest BCUT2D eigenvalue weighted by atomic mass is 19.1. The second-order valence-electron chi connectivity index (χ2n) is 6.74. The Balaban J connectivity index is 1.70. The Labute approximate surface area is 168 Å². The van der Waals surface area contributed by atoms with Crippen molar-refractivity contribution in [2.24, 2.45) is 0 Å². The first-order chi connectivity index (χ1) is 14.1. The molecule has 0 fully saturated rings. The SMILES string of the molecule is O=C(NC(=Cc1ccccc1F)C(=O)N1CCc2ccccc21)c1ccccc1. The van der Waals surface area contributed by atoms with Gasteiger partial charge in [0.05, 0.1) is 0 Å². The average Bonchev–Trinajstić information content (AvgIpc) is 3.19. The number of fused-ring (bicyclic) bond motifs is 1. The van der Waals surface area contributed by atoms with E-state index in [1.54, 1.807) is 53.4 Å². The van der Waals surface area contributed by atoms with E-state index in [-0.39, 0.29) is 17.2 Å². The Kier molecular flexibility index (Phi) is 5.20. The number of benzene rings is 3. The second kappa shape index (κ2) is 8.10. The van der Waals surface area contributed by atoms with Crippen LogP contribution in [0.2, 0.25) is 0 Å². The van der Waals surface area contributed by atoms with Gasteiger partial charge in [0.25, 0.3) is 11.8 Å². The van der Waals surface area contributed by atoms with Crippen molar-refractivity contribution in [2.75, 3.05) is 11.4 Å². The Bertz CT molecular complexity index is 1090. The van der Waals surface area contributed by atoms with Gasteiger partial charge in [-0.1, -0.05) is 54.6 Å². The van der Waals surface area contributed by atoms with Crippen LogP contribution in [0, 0.1) is 5.82 Å². The van der Waals surface area contributed by atoms with Crippen molar-refractivity contribution in [3.63, 3.8) is 0 Å². The zero-order valence-corrected chi connectivity index (χ0v) is 15.6. The Morgan fingerprint density at radius 1 is 0.897 bits per heavy atom. The van der Waals surface area contributed by atoms with Gasteiger partial charge in [0, 0.05) is 23.4 Å². The van der Waals surface area contributed by atoms with Gasteiger partial charge in [-0.15, -0.1) is 0 Å². The molecule has 0 saturated carbocycles. The molecule has 144 valence electrons. The topological polar surface area (TPSA) is 49.4 Å². The van der Waals surface area contributed by atoms with E-state index in [9.17, 15) is 14.0 Å². The van der Waals surface area contributed by atoms with Crippen molar-refractivity contribution in [3.8, 4) is 0 Å². The highest BCUT2D eigenvalue weighted by Crippen LogP contribution is 2.28. The fourth-order valence-electron chi connectivity index (χ4n) is 3.38. The predicted octanol–water partition coefficient (Wildman–Crippen LogP) is 4.19. The molecule has 1 heterocycles. The Morgan fingerprint density at radius 2 is 1.59 bits per heavy atom. The predicted molar refractivity (Wildman–Crippen MR) is 111 cm³/mol. The second-order valence-corrected chi connectivity index (χ2v) is 6.74. The van der Waals surface area contributed by atoms with Gasteiger partial charge in [-0.05, 0) is 42.3 Å². The molecule has 3 aromatic rings. The molecule has 1 N–H and O–H groups in total. The van der Waals surface area contributed by atoms with Crippen LogP contribution in [-0.2, 0) is 11.2 Å². The number of amides is 2. The lowest BCUT2D eigenvalue weighted by Crippen LogP contribution is -2.37. The van der Waals surface area contributed by atoms with Crippen molar-refractivity contribution < 1.29 is 14.0 Å². The summed E-state index contributed by atoms with van der Waals surface area (Å²) >= 11 is 0. The Morgan fingerprint density at radius 3 is 2.38 bits per heavy atom. The maximum Gasteiger partial charge on any atom is 0.274 e. The summed E-state index contributed by atoms with van der Waals surface area (Å²) < 4.78 is 14.2. The Hall–Kier alpha value is -3.73. The van der Waals surface area contributed by atoms with Gasteiger partial charge in [-0.25, -0.2) is 4.39 Å². The molecule has 29 heavy (non-hydrogen) atoms. The summed E-state index contributed by atoms with van der Waals surface area (Å²) in [5.74, 6) is -1.26. The number of nitrogens with zero attached hydrogens (tertiary/aromatic N) is 1. The summed E-state index contributed by atoms with van der Waals surface area (Å²) in [6, 6.07) is 22.4. The van der Waals surface area contributed by atoms with Gasteiger partial charge >= 0.3 is 0 Å². The van der Waals surface area contributed by atoms with E-state index in [1.165, 1.54) is 12.1 Å². The van der Waals surface area contributed by atoms with Crippen molar-refractivity contribution >= 4 is 23.6 Å².